The Hall–Kier alpha value is -3.35. The maximum absolute atomic E-state index is 12.6. The van der Waals surface area contributed by atoms with E-state index >= 15 is 0 Å². The lowest BCUT2D eigenvalue weighted by atomic mass is 10.0. The first-order valence-electron chi connectivity index (χ1n) is 8.53. The zero-order valence-electron chi connectivity index (χ0n) is 15.3. The average molecular weight is 367 g/mol. The van der Waals surface area contributed by atoms with Crippen LogP contribution in [0.5, 0.6) is 11.5 Å². The van der Waals surface area contributed by atoms with Gasteiger partial charge in [0.1, 0.15) is 0 Å². The molecule has 0 radical (unpaired) electrons. The van der Waals surface area contributed by atoms with Gasteiger partial charge in [-0.15, -0.1) is 0 Å². The normalized spacial score (nSPS) is 13.0. The maximum atomic E-state index is 12.6. The molecule has 3 rings (SSSR count). The zero-order chi connectivity index (χ0) is 19.2. The molecule has 0 unspecified atom stereocenters. The summed E-state index contributed by atoms with van der Waals surface area (Å²) in [6.07, 6.45) is 7.18. The summed E-state index contributed by atoms with van der Waals surface area (Å²) < 4.78 is 10.6. The van der Waals surface area contributed by atoms with Crippen LogP contribution < -0.4 is 14.8 Å². The highest BCUT2D eigenvalue weighted by molar-refractivity contribution is 5.91. The van der Waals surface area contributed by atoms with Crippen LogP contribution in [0, 0.1) is 0 Å². The van der Waals surface area contributed by atoms with Crippen LogP contribution in [-0.4, -0.2) is 42.5 Å². The molecule has 1 N–H and O–H groups in total. The molecule has 0 aliphatic carbocycles. The molecule has 7 nitrogen and oxygen atoms in total. The number of fused-ring (bicyclic) bond motifs is 1. The van der Waals surface area contributed by atoms with E-state index in [0.29, 0.717) is 23.7 Å². The van der Waals surface area contributed by atoms with Crippen LogP contribution in [0.2, 0.25) is 0 Å². The second-order valence-electron chi connectivity index (χ2n) is 6.03. The quantitative estimate of drug-likeness (QED) is 0.848. The van der Waals surface area contributed by atoms with Crippen LogP contribution in [0.1, 0.15) is 17.5 Å². The summed E-state index contributed by atoms with van der Waals surface area (Å²) in [5.74, 6) is 0.945. The molecule has 1 aliphatic heterocycles. The van der Waals surface area contributed by atoms with E-state index in [2.05, 4.69) is 10.3 Å². The van der Waals surface area contributed by atoms with E-state index < -0.39 is 0 Å². The van der Waals surface area contributed by atoms with Crippen molar-refractivity contribution in [3.8, 4) is 11.5 Å². The van der Waals surface area contributed by atoms with E-state index in [1.807, 2.05) is 18.2 Å². The van der Waals surface area contributed by atoms with E-state index in [1.165, 1.54) is 0 Å². The minimum Gasteiger partial charge on any atom is -0.493 e. The molecule has 0 spiro atoms. The second-order valence-corrected chi connectivity index (χ2v) is 6.03. The number of nitrogens with one attached hydrogen (secondary N) is 1. The van der Waals surface area contributed by atoms with Crippen LogP contribution >= 0.6 is 0 Å². The number of nitrogens with zero attached hydrogens (tertiary/aromatic N) is 2. The van der Waals surface area contributed by atoms with Crippen LogP contribution in [0.15, 0.2) is 42.9 Å². The molecule has 1 aromatic carbocycles. The van der Waals surface area contributed by atoms with Crippen LogP contribution in [-0.2, 0) is 16.0 Å². The molecule has 0 fully saturated rings. The number of aromatic nitrogens is 1. The number of benzene rings is 1. The molecule has 2 heterocycles. The summed E-state index contributed by atoms with van der Waals surface area (Å²) in [6.45, 7) is 0.295. The van der Waals surface area contributed by atoms with E-state index in [9.17, 15) is 9.59 Å². The number of carbonyl (C=O) groups is 2. The third-order valence-corrected chi connectivity index (χ3v) is 4.27. The summed E-state index contributed by atoms with van der Waals surface area (Å²) in [5.41, 5.74) is 2.38. The van der Waals surface area contributed by atoms with Gasteiger partial charge in [-0.25, -0.2) is 0 Å². The molecule has 0 bridgehead atoms. The molecule has 7 heteroatoms. The number of anilines is 1. The van der Waals surface area contributed by atoms with Crippen molar-refractivity contribution in [1.82, 2.24) is 9.88 Å². The first kappa shape index (κ1) is 18.4. The Morgan fingerprint density at radius 3 is 2.74 bits per heavy atom. The van der Waals surface area contributed by atoms with E-state index in [4.69, 9.17) is 9.47 Å². The maximum Gasteiger partial charge on any atom is 0.230 e. The summed E-state index contributed by atoms with van der Waals surface area (Å²) in [5, 5.41) is 2.76. The van der Waals surface area contributed by atoms with Gasteiger partial charge in [-0.3, -0.25) is 14.6 Å². The summed E-state index contributed by atoms with van der Waals surface area (Å²) in [7, 11) is 3.13. The van der Waals surface area contributed by atoms with Crippen molar-refractivity contribution in [2.75, 3.05) is 26.1 Å². The second kappa shape index (κ2) is 8.35. The van der Waals surface area contributed by atoms with E-state index in [1.54, 1.807) is 49.8 Å². The van der Waals surface area contributed by atoms with Crippen molar-refractivity contribution in [2.45, 2.75) is 12.8 Å². The van der Waals surface area contributed by atoms with Crippen molar-refractivity contribution in [2.24, 2.45) is 0 Å². The van der Waals surface area contributed by atoms with Gasteiger partial charge in [-0.1, -0.05) is 0 Å². The number of ether oxygens (including phenoxy) is 2. The van der Waals surface area contributed by atoms with Gasteiger partial charge >= 0.3 is 0 Å². The third kappa shape index (κ3) is 4.44. The first-order valence-corrected chi connectivity index (χ1v) is 8.53. The summed E-state index contributed by atoms with van der Waals surface area (Å²) in [4.78, 5) is 30.2. The molecule has 1 aromatic heterocycles. The minimum atomic E-state index is -0.172. The van der Waals surface area contributed by atoms with Gasteiger partial charge in [-0.05, 0) is 41.5 Å². The fourth-order valence-corrected chi connectivity index (χ4v) is 2.84. The van der Waals surface area contributed by atoms with Crippen LogP contribution in [0.3, 0.4) is 0 Å². The molecule has 0 saturated carbocycles. The predicted molar refractivity (Wildman–Crippen MR) is 101 cm³/mol. The minimum absolute atomic E-state index is 0.0774. The monoisotopic (exact) mass is 367 g/mol. The molecular weight excluding hydrogens is 346 g/mol. The van der Waals surface area contributed by atoms with Gasteiger partial charge in [0.25, 0.3) is 0 Å². The molecule has 2 aromatic rings. The Morgan fingerprint density at radius 1 is 1.26 bits per heavy atom. The topological polar surface area (TPSA) is 80.8 Å². The van der Waals surface area contributed by atoms with Crippen molar-refractivity contribution >= 4 is 23.6 Å². The molecule has 2 amide bonds. The van der Waals surface area contributed by atoms with Gasteiger partial charge in [-0.2, -0.15) is 0 Å². The molecule has 140 valence electrons. The van der Waals surface area contributed by atoms with Crippen molar-refractivity contribution in [3.05, 3.63) is 54.0 Å². The van der Waals surface area contributed by atoms with Crippen molar-refractivity contribution in [1.29, 1.82) is 0 Å². The smallest absolute Gasteiger partial charge is 0.230 e. The fraction of sp³-hybridized carbons (Fsp3) is 0.250. The number of carbonyl (C=O) groups excluding carboxylic acids is 2. The van der Waals surface area contributed by atoms with Gasteiger partial charge < -0.3 is 19.7 Å². The highest BCUT2D eigenvalue weighted by atomic mass is 16.5. The van der Waals surface area contributed by atoms with Crippen molar-refractivity contribution < 1.29 is 19.1 Å². The summed E-state index contributed by atoms with van der Waals surface area (Å²) >= 11 is 0. The highest BCUT2D eigenvalue weighted by Gasteiger charge is 2.20. The van der Waals surface area contributed by atoms with Gasteiger partial charge in [0.05, 0.1) is 32.5 Å². The fourth-order valence-electron chi connectivity index (χ4n) is 2.84. The Bertz CT molecular complexity index is 865. The lowest BCUT2D eigenvalue weighted by Gasteiger charge is -2.17. The van der Waals surface area contributed by atoms with Gasteiger partial charge in [0.2, 0.25) is 11.8 Å². The molecule has 0 saturated heterocycles. The Kier molecular flexibility index (Phi) is 5.71. The first-order chi connectivity index (χ1) is 13.1. The van der Waals surface area contributed by atoms with Crippen LogP contribution in [0.25, 0.3) is 6.08 Å². The zero-order valence-corrected chi connectivity index (χ0v) is 15.3. The molecular formula is C20H21N3O4. The van der Waals surface area contributed by atoms with Gasteiger partial charge in [0, 0.05) is 25.4 Å². The van der Waals surface area contributed by atoms with Gasteiger partial charge in [0.15, 0.2) is 11.5 Å². The Morgan fingerprint density at radius 2 is 2.04 bits per heavy atom. The van der Waals surface area contributed by atoms with Crippen LogP contribution in [0.4, 0.5) is 5.69 Å². The summed E-state index contributed by atoms with van der Waals surface area (Å²) in [6, 6.07) is 7.17. The number of rotatable bonds is 6. The highest BCUT2D eigenvalue weighted by Crippen LogP contribution is 2.32. The van der Waals surface area contributed by atoms with Crippen molar-refractivity contribution in [3.63, 3.8) is 0 Å². The number of hydrogen-bond donors (Lipinski definition) is 1. The van der Waals surface area contributed by atoms with E-state index in [0.717, 1.165) is 11.1 Å². The lowest BCUT2D eigenvalue weighted by Crippen LogP contribution is -2.29. The third-order valence-electron chi connectivity index (χ3n) is 4.27. The SMILES string of the molecule is COc1cc2c(cc1OC)CC(=O)N(CCC(=O)Nc1cccnc1)C=C2. The molecule has 0 atom stereocenters. The predicted octanol–water partition coefficient (Wildman–Crippen LogP) is 2.48. The molecule has 1 aliphatic rings. The Labute approximate surface area is 157 Å². The number of hydrogen-bond acceptors (Lipinski definition) is 5. The van der Waals surface area contributed by atoms with E-state index in [-0.39, 0.29) is 24.7 Å². The number of amides is 2. The Balaban J connectivity index is 1.66. The number of pyridine rings is 1. The lowest BCUT2D eigenvalue weighted by molar-refractivity contribution is -0.128. The average Bonchev–Trinajstić information content (AvgIpc) is 2.83. The number of methoxy groups -OCH3 is 2. The molecule has 27 heavy (non-hydrogen) atoms. The largest absolute Gasteiger partial charge is 0.493 e. The standard InChI is InChI=1S/C20H21N3O4/c1-26-17-10-14-5-8-23(20(25)12-15(14)11-18(17)27-2)9-6-19(24)22-16-4-3-7-21-13-16/h3-5,7-8,10-11,13H,6,9,12H2,1-2H3,(H,22,24).